The van der Waals surface area contributed by atoms with Gasteiger partial charge in [-0.05, 0) is 50.6 Å². The van der Waals surface area contributed by atoms with Crippen LogP contribution in [0.3, 0.4) is 0 Å². The van der Waals surface area contributed by atoms with Crippen LogP contribution in [0.15, 0.2) is 18.2 Å². The largest absolute Gasteiger partial charge is 0.313 e. The predicted octanol–water partition coefficient (Wildman–Crippen LogP) is 4.79. The van der Waals surface area contributed by atoms with Crippen molar-refractivity contribution in [3.8, 4) is 0 Å². The molecule has 0 radical (unpaired) electrons. The summed E-state index contributed by atoms with van der Waals surface area (Å²) in [5.74, 6) is 0. The van der Waals surface area contributed by atoms with Gasteiger partial charge >= 0.3 is 0 Å². The second-order valence-electron chi connectivity index (χ2n) is 7.03. The predicted molar refractivity (Wildman–Crippen MR) is 88.3 cm³/mol. The van der Waals surface area contributed by atoms with Gasteiger partial charge in [0.15, 0.2) is 0 Å². The van der Waals surface area contributed by atoms with Crippen LogP contribution in [-0.2, 0) is 6.42 Å². The Balaban J connectivity index is 2.15. The van der Waals surface area contributed by atoms with Gasteiger partial charge in [-0.15, -0.1) is 0 Å². The molecule has 1 saturated carbocycles. The lowest BCUT2D eigenvalue weighted by Gasteiger charge is -2.41. The summed E-state index contributed by atoms with van der Waals surface area (Å²) >= 11 is 0. The zero-order valence-electron chi connectivity index (χ0n) is 13.8. The Hall–Kier alpha value is -0.820. The number of likely N-dealkylation sites (N-methyl/N-ethyl adjacent to an activating group) is 1. The molecule has 0 aromatic heterocycles. The zero-order chi connectivity index (χ0) is 14.6. The highest BCUT2D eigenvalue weighted by Crippen LogP contribution is 2.40. The third-order valence-electron chi connectivity index (χ3n) is 5.01. The molecule has 0 spiro atoms. The Kier molecular flexibility index (Phi) is 5.26. The maximum Gasteiger partial charge on any atom is 0.0161 e. The first kappa shape index (κ1) is 15.6. The second-order valence-corrected chi connectivity index (χ2v) is 7.03. The van der Waals surface area contributed by atoms with Crippen LogP contribution in [0.25, 0.3) is 0 Å². The number of nitrogens with one attached hydrogen (secondary N) is 1. The van der Waals surface area contributed by atoms with Gasteiger partial charge in [0.1, 0.15) is 0 Å². The molecule has 0 amide bonds. The summed E-state index contributed by atoms with van der Waals surface area (Å²) in [6.45, 7) is 10.2. The Bertz CT molecular complexity index is 409. The minimum absolute atomic E-state index is 0.478. The van der Waals surface area contributed by atoms with Crippen molar-refractivity contribution in [2.45, 2.75) is 72.3 Å². The molecular weight excluding hydrogens is 242 g/mol. The lowest BCUT2D eigenvalue weighted by Crippen LogP contribution is -2.46. The number of aryl methyl sites for hydroxylation is 2. The van der Waals surface area contributed by atoms with Crippen molar-refractivity contribution in [1.29, 1.82) is 0 Å². The van der Waals surface area contributed by atoms with Crippen LogP contribution in [0.2, 0.25) is 0 Å². The first-order valence-corrected chi connectivity index (χ1v) is 8.34. The highest BCUT2D eigenvalue weighted by atomic mass is 14.9. The van der Waals surface area contributed by atoms with Crippen LogP contribution in [0, 0.1) is 19.3 Å². The molecule has 2 rings (SSSR count). The molecule has 1 N–H and O–H groups in total. The standard InChI is InChI=1S/C19H31N/c1-5-20-18(19(4)9-7-6-8-10-19)14-17-12-15(2)11-16(3)13-17/h11-13,18,20H,5-10,14H2,1-4H3. The van der Waals surface area contributed by atoms with E-state index in [-0.39, 0.29) is 0 Å². The Morgan fingerprint density at radius 2 is 1.65 bits per heavy atom. The highest BCUT2D eigenvalue weighted by molar-refractivity contribution is 5.29. The van der Waals surface area contributed by atoms with Gasteiger partial charge in [0.2, 0.25) is 0 Å². The Morgan fingerprint density at radius 3 is 2.20 bits per heavy atom. The van der Waals surface area contributed by atoms with Crippen LogP contribution >= 0.6 is 0 Å². The van der Waals surface area contributed by atoms with Gasteiger partial charge < -0.3 is 5.32 Å². The van der Waals surface area contributed by atoms with Gasteiger partial charge in [-0.25, -0.2) is 0 Å². The molecule has 1 aliphatic rings. The van der Waals surface area contributed by atoms with E-state index in [9.17, 15) is 0 Å². The topological polar surface area (TPSA) is 12.0 Å². The zero-order valence-corrected chi connectivity index (χ0v) is 13.8. The average Bonchev–Trinajstić information content (AvgIpc) is 2.38. The highest BCUT2D eigenvalue weighted by Gasteiger charge is 2.34. The summed E-state index contributed by atoms with van der Waals surface area (Å²) in [4.78, 5) is 0. The van der Waals surface area contributed by atoms with Gasteiger partial charge in [-0.1, -0.05) is 62.4 Å². The third-order valence-corrected chi connectivity index (χ3v) is 5.01. The van der Waals surface area contributed by atoms with Crippen molar-refractivity contribution in [2.75, 3.05) is 6.54 Å². The molecule has 1 aromatic carbocycles. The smallest absolute Gasteiger partial charge is 0.0161 e. The van der Waals surface area contributed by atoms with E-state index in [0.717, 1.165) is 6.54 Å². The summed E-state index contributed by atoms with van der Waals surface area (Å²) in [6, 6.07) is 7.62. The van der Waals surface area contributed by atoms with Crippen molar-refractivity contribution < 1.29 is 0 Å². The summed E-state index contributed by atoms with van der Waals surface area (Å²) in [6.07, 6.45) is 8.19. The fourth-order valence-corrected chi connectivity index (χ4v) is 3.94. The van der Waals surface area contributed by atoms with E-state index in [1.165, 1.54) is 55.2 Å². The van der Waals surface area contributed by atoms with Crippen LogP contribution in [0.4, 0.5) is 0 Å². The summed E-state index contributed by atoms with van der Waals surface area (Å²) in [5, 5.41) is 3.78. The van der Waals surface area contributed by atoms with Crippen molar-refractivity contribution in [3.63, 3.8) is 0 Å². The molecule has 1 aromatic rings. The van der Waals surface area contributed by atoms with Crippen LogP contribution < -0.4 is 5.32 Å². The van der Waals surface area contributed by atoms with E-state index in [2.05, 4.69) is 51.2 Å². The summed E-state index contributed by atoms with van der Waals surface area (Å²) < 4.78 is 0. The third kappa shape index (κ3) is 3.85. The van der Waals surface area contributed by atoms with Crippen LogP contribution in [0.1, 0.15) is 62.6 Å². The van der Waals surface area contributed by atoms with E-state index in [1.54, 1.807) is 0 Å². The fraction of sp³-hybridized carbons (Fsp3) is 0.684. The lowest BCUT2D eigenvalue weighted by atomic mass is 9.69. The van der Waals surface area contributed by atoms with Gasteiger partial charge in [0, 0.05) is 6.04 Å². The van der Waals surface area contributed by atoms with E-state index < -0.39 is 0 Å². The first-order valence-electron chi connectivity index (χ1n) is 8.34. The SMILES string of the molecule is CCNC(Cc1cc(C)cc(C)c1)C1(C)CCCCC1. The quantitative estimate of drug-likeness (QED) is 0.813. The van der Waals surface area contributed by atoms with E-state index in [4.69, 9.17) is 0 Å². The van der Waals surface area contributed by atoms with Crippen molar-refractivity contribution in [3.05, 3.63) is 34.9 Å². The average molecular weight is 273 g/mol. The minimum Gasteiger partial charge on any atom is -0.313 e. The van der Waals surface area contributed by atoms with E-state index in [0.29, 0.717) is 11.5 Å². The van der Waals surface area contributed by atoms with Crippen LogP contribution in [-0.4, -0.2) is 12.6 Å². The molecule has 0 aliphatic heterocycles. The second kappa shape index (κ2) is 6.76. The number of benzene rings is 1. The molecule has 0 saturated heterocycles. The Labute approximate surface area is 125 Å². The first-order chi connectivity index (χ1) is 9.53. The molecule has 112 valence electrons. The van der Waals surface area contributed by atoms with Gasteiger partial charge in [-0.2, -0.15) is 0 Å². The fourth-order valence-electron chi connectivity index (χ4n) is 3.94. The van der Waals surface area contributed by atoms with Crippen LogP contribution in [0.5, 0.6) is 0 Å². The minimum atomic E-state index is 0.478. The number of hydrogen-bond acceptors (Lipinski definition) is 1. The molecule has 1 unspecified atom stereocenters. The van der Waals surface area contributed by atoms with Gasteiger partial charge in [-0.3, -0.25) is 0 Å². The molecule has 1 heteroatoms. The maximum absolute atomic E-state index is 3.78. The number of rotatable bonds is 5. The van der Waals surface area contributed by atoms with Crippen molar-refractivity contribution >= 4 is 0 Å². The molecule has 1 atom stereocenters. The molecule has 0 bridgehead atoms. The lowest BCUT2D eigenvalue weighted by molar-refractivity contribution is 0.145. The normalized spacial score (nSPS) is 19.8. The monoisotopic (exact) mass is 273 g/mol. The van der Waals surface area contributed by atoms with E-state index >= 15 is 0 Å². The molecule has 1 fully saturated rings. The molecular formula is C19H31N. The Morgan fingerprint density at radius 1 is 1.05 bits per heavy atom. The summed E-state index contributed by atoms with van der Waals surface area (Å²) in [5.41, 5.74) is 4.76. The molecule has 20 heavy (non-hydrogen) atoms. The van der Waals surface area contributed by atoms with Crippen molar-refractivity contribution in [2.24, 2.45) is 5.41 Å². The van der Waals surface area contributed by atoms with Gasteiger partial charge in [0.05, 0.1) is 0 Å². The van der Waals surface area contributed by atoms with Crippen molar-refractivity contribution in [1.82, 2.24) is 5.32 Å². The number of hydrogen-bond donors (Lipinski definition) is 1. The van der Waals surface area contributed by atoms with E-state index in [1.807, 2.05) is 0 Å². The molecule has 0 heterocycles. The van der Waals surface area contributed by atoms with Gasteiger partial charge in [0.25, 0.3) is 0 Å². The summed E-state index contributed by atoms with van der Waals surface area (Å²) in [7, 11) is 0. The molecule has 1 aliphatic carbocycles. The molecule has 1 nitrogen and oxygen atoms in total. The maximum atomic E-state index is 3.78.